The third-order valence-electron chi connectivity index (χ3n) is 6.63. The molecule has 39 heavy (non-hydrogen) atoms. The van der Waals surface area contributed by atoms with Crippen molar-refractivity contribution in [2.75, 3.05) is 15.7 Å². The predicted molar refractivity (Wildman–Crippen MR) is 157 cm³/mol. The monoisotopic (exact) mass is 556 g/mol. The van der Waals surface area contributed by atoms with Crippen molar-refractivity contribution in [3.63, 3.8) is 0 Å². The van der Waals surface area contributed by atoms with Crippen LogP contribution in [0.1, 0.15) is 34.0 Å². The van der Waals surface area contributed by atoms with E-state index in [0.717, 1.165) is 26.9 Å². The molecule has 2 aromatic heterocycles. The molecule has 198 valence electrons. The van der Waals surface area contributed by atoms with Crippen LogP contribution >= 0.6 is 11.3 Å². The van der Waals surface area contributed by atoms with Gasteiger partial charge in [0.1, 0.15) is 0 Å². The van der Waals surface area contributed by atoms with Gasteiger partial charge in [0.15, 0.2) is 5.13 Å². The molecule has 1 amide bonds. The Labute approximate surface area is 232 Å². The fourth-order valence-corrected chi connectivity index (χ4v) is 6.86. The predicted octanol–water partition coefficient (Wildman–Crippen LogP) is 6.37. The number of para-hydroxylation sites is 1. The number of carbonyl (C=O) groups excluding carboxylic acids is 1. The van der Waals surface area contributed by atoms with Crippen LogP contribution < -0.4 is 9.21 Å². The van der Waals surface area contributed by atoms with E-state index in [1.165, 1.54) is 27.8 Å². The van der Waals surface area contributed by atoms with E-state index in [9.17, 15) is 13.2 Å². The van der Waals surface area contributed by atoms with E-state index in [2.05, 4.69) is 11.1 Å². The molecule has 9 heteroatoms. The number of benzene rings is 3. The second kappa shape index (κ2) is 11.0. The molecule has 0 saturated heterocycles. The first kappa shape index (κ1) is 26.5. The summed E-state index contributed by atoms with van der Waals surface area (Å²) in [4.78, 5) is 24.6. The SMILES string of the molecule is CCN(c1ccccc1)S(=O)(=O)c1ccc(C(=O)N(Cc2cccnc2)c2nc3c(C)c(C)ccc3s2)cc1. The lowest BCUT2D eigenvalue weighted by Gasteiger charge is -2.23. The highest BCUT2D eigenvalue weighted by atomic mass is 32.2. The van der Waals surface area contributed by atoms with Crippen molar-refractivity contribution < 1.29 is 13.2 Å². The summed E-state index contributed by atoms with van der Waals surface area (Å²) in [7, 11) is -3.80. The molecule has 5 aromatic rings. The molecule has 0 aliphatic heterocycles. The van der Waals surface area contributed by atoms with Crippen LogP contribution in [-0.4, -0.2) is 30.8 Å². The summed E-state index contributed by atoms with van der Waals surface area (Å²) in [5, 5.41) is 0.575. The maximum atomic E-state index is 13.9. The molecular formula is C30H28N4O3S2. The Morgan fingerprint density at radius 2 is 1.67 bits per heavy atom. The Balaban J connectivity index is 1.50. The van der Waals surface area contributed by atoms with Crippen molar-refractivity contribution in [3.05, 3.63) is 114 Å². The molecule has 0 saturated carbocycles. The van der Waals surface area contributed by atoms with E-state index < -0.39 is 10.0 Å². The summed E-state index contributed by atoms with van der Waals surface area (Å²) >= 11 is 1.45. The van der Waals surface area contributed by atoms with Crippen molar-refractivity contribution in [1.29, 1.82) is 0 Å². The van der Waals surface area contributed by atoms with Gasteiger partial charge in [0.2, 0.25) is 0 Å². The molecule has 0 radical (unpaired) electrons. The first-order valence-corrected chi connectivity index (χ1v) is 14.8. The second-order valence-electron chi connectivity index (χ2n) is 9.13. The topological polar surface area (TPSA) is 83.5 Å². The smallest absolute Gasteiger partial charge is 0.264 e. The number of nitrogens with zero attached hydrogens (tertiary/aromatic N) is 4. The van der Waals surface area contributed by atoms with Crippen LogP contribution in [0.5, 0.6) is 0 Å². The fraction of sp³-hybridized carbons (Fsp3) is 0.167. The maximum absolute atomic E-state index is 13.9. The number of pyridine rings is 1. The number of rotatable bonds is 8. The van der Waals surface area contributed by atoms with Crippen molar-refractivity contribution in [1.82, 2.24) is 9.97 Å². The van der Waals surface area contributed by atoms with E-state index in [1.54, 1.807) is 60.6 Å². The molecule has 0 unspecified atom stereocenters. The van der Waals surface area contributed by atoms with Crippen LogP contribution in [0.2, 0.25) is 0 Å². The largest absolute Gasteiger partial charge is 0.279 e. The summed E-state index contributed by atoms with van der Waals surface area (Å²) in [5.41, 5.74) is 4.91. The van der Waals surface area contributed by atoms with Gasteiger partial charge in [-0.05, 0) is 86.0 Å². The summed E-state index contributed by atoms with van der Waals surface area (Å²) < 4.78 is 29.2. The Hall–Kier alpha value is -4.08. The first-order chi connectivity index (χ1) is 18.8. The molecule has 0 atom stereocenters. The molecule has 0 fully saturated rings. The number of aromatic nitrogens is 2. The minimum absolute atomic E-state index is 0.120. The minimum Gasteiger partial charge on any atom is -0.279 e. The number of hydrogen-bond donors (Lipinski definition) is 0. The highest BCUT2D eigenvalue weighted by Crippen LogP contribution is 2.33. The van der Waals surface area contributed by atoms with Crippen LogP contribution in [0.3, 0.4) is 0 Å². The summed E-state index contributed by atoms with van der Waals surface area (Å²) in [6.07, 6.45) is 3.41. The molecular weight excluding hydrogens is 528 g/mol. The van der Waals surface area contributed by atoms with Gasteiger partial charge in [0.05, 0.1) is 27.3 Å². The lowest BCUT2D eigenvalue weighted by atomic mass is 10.1. The summed E-state index contributed by atoms with van der Waals surface area (Å²) in [6.45, 7) is 6.42. The highest BCUT2D eigenvalue weighted by Gasteiger charge is 2.26. The highest BCUT2D eigenvalue weighted by molar-refractivity contribution is 7.92. The van der Waals surface area contributed by atoms with Gasteiger partial charge in [-0.2, -0.15) is 0 Å². The molecule has 0 bridgehead atoms. The quantitative estimate of drug-likeness (QED) is 0.222. The van der Waals surface area contributed by atoms with Gasteiger partial charge in [-0.15, -0.1) is 0 Å². The lowest BCUT2D eigenvalue weighted by Crippen LogP contribution is -2.31. The van der Waals surface area contributed by atoms with Crippen LogP contribution in [0, 0.1) is 13.8 Å². The summed E-state index contributed by atoms with van der Waals surface area (Å²) in [6, 6.07) is 22.9. The summed E-state index contributed by atoms with van der Waals surface area (Å²) in [5.74, 6) is -0.272. The maximum Gasteiger partial charge on any atom is 0.264 e. The van der Waals surface area contributed by atoms with E-state index in [0.29, 0.717) is 16.4 Å². The average Bonchev–Trinajstić information content (AvgIpc) is 3.40. The van der Waals surface area contributed by atoms with E-state index in [-0.39, 0.29) is 23.9 Å². The number of carbonyl (C=O) groups is 1. The number of thiazole rings is 1. The van der Waals surface area contributed by atoms with Gasteiger partial charge < -0.3 is 0 Å². The number of amides is 1. The molecule has 2 heterocycles. The average molecular weight is 557 g/mol. The van der Waals surface area contributed by atoms with Gasteiger partial charge in [-0.3, -0.25) is 19.0 Å². The van der Waals surface area contributed by atoms with E-state index in [4.69, 9.17) is 4.98 Å². The minimum atomic E-state index is -3.80. The lowest BCUT2D eigenvalue weighted by molar-refractivity contribution is 0.0985. The fourth-order valence-electron chi connectivity index (χ4n) is 4.37. The zero-order valence-electron chi connectivity index (χ0n) is 21.9. The third-order valence-corrected chi connectivity index (χ3v) is 9.59. The van der Waals surface area contributed by atoms with Crippen LogP contribution in [-0.2, 0) is 16.6 Å². The molecule has 7 nitrogen and oxygen atoms in total. The second-order valence-corrected chi connectivity index (χ2v) is 12.0. The third kappa shape index (κ3) is 5.28. The Kier molecular flexibility index (Phi) is 7.45. The molecule has 0 aliphatic carbocycles. The van der Waals surface area contributed by atoms with Crippen molar-refractivity contribution in [2.24, 2.45) is 0 Å². The van der Waals surface area contributed by atoms with Crippen molar-refractivity contribution in [2.45, 2.75) is 32.2 Å². The van der Waals surface area contributed by atoms with Crippen LogP contribution in [0.25, 0.3) is 10.2 Å². The van der Waals surface area contributed by atoms with Crippen LogP contribution in [0.4, 0.5) is 10.8 Å². The van der Waals surface area contributed by atoms with Gasteiger partial charge in [-0.1, -0.05) is 41.7 Å². The Morgan fingerprint density at radius 3 is 2.33 bits per heavy atom. The number of anilines is 2. The van der Waals surface area contributed by atoms with Gasteiger partial charge in [0, 0.05) is 24.5 Å². The van der Waals surface area contributed by atoms with E-state index in [1.807, 2.05) is 38.1 Å². The van der Waals surface area contributed by atoms with Crippen molar-refractivity contribution >= 4 is 48.3 Å². The normalized spacial score (nSPS) is 11.5. The Morgan fingerprint density at radius 1 is 0.923 bits per heavy atom. The van der Waals surface area contributed by atoms with Gasteiger partial charge >= 0.3 is 0 Å². The van der Waals surface area contributed by atoms with Crippen molar-refractivity contribution in [3.8, 4) is 0 Å². The van der Waals surface area contributed by atoms with Gasteiger partial charge in [-0.25, -0.2) is 13.4 Å². The standard InChI is InChI=1S/C30H28N4O3S2/c1-4-34(25-10-6-5-7-11-25)39(36,37)26-15-13-24(14-16-26)29(35)33(20-23-9-8-18-31-19-23)30-32-28-22(3)21(2)12-17-27(28)38-30/h5-19H,4,20H2,1-3H3. The Bertz CT molecular complexity index is 1720. The molecule has 0 aliphatic rings. The van der Waals surface area contributed by atoms with Gasteiger partial charge in [0.25, 0.3) is 15.9 Å². The molecule has 3 aromatic carbocycles. The molecule has 0 spiro atoms. The van der Waals surface area contributed by atoms with Crippen LogP contribution in [0.15, 0.2) is 96.2 Å². The first-order valence-electron chi connectivity index (χ1n) is 12.5. The number of fused-ring (bicyclic) bond motifs is 1. The number of aryl methyl sites for hydroxylation is 2. The molecule has 5 rings (SSSR count). The zero-order valence-corrected chi connectivity index (χ0v) is 23.5. The van der Waals surface area contributed by atoms with E-state index >= 15 is 0 Å². The zero-order chi connectivity index (χ0) is 27.6. The number of hydrogen-bond acceptors (Lipinski definition) is 6. The molecule has 0 N–H and O–H groups in total. The number of sulfonamides is 1.